The third-order valence-electron chi connectivity index (χ3n) is 3.26. The summed E-state index contributed by atoms with van der Waals surface area (Å²) in [5.74, 6) is 0. The summed E-state index contributed by atoms with van der Waals surface area (Å²) in [7, 11) is 0. The van der Waals surface area contributed by atoms with Gasteiger partial charge < -0.3 is 10.1 Å². The molecule has 3 heterocycles. The molecule has 3 unspecified atom stereocenters. The van der Waals surface area contributed by atoms with E-state index in [4.69, 9.17) is 4.74 Å². The summed E-state index contributed by atoms with van der Waals surface area (Å²) in [6, 6.07) is 2.69. The molecule has 1 aromatic rings. The zero-order chi connectivity index (χ0) is 9.38. The molecule has 3 heteroatoms. The van der Waals surface area contributed by atoms with E-state index >= 15 is 0 Å². The standard InChI is InChI=1S/C11H15NOS/c1-3-10(11-4-2-9(1)13-11)12-8-5-6-14-7-8/h5-7,9-12H,1-4H2. The molecule has 0 radical (unpaired) electrons. The van der Waals surface area contributed by atoms with Crippen molar-refractivity contribution in [2.45, 2.75) is 43.9 Å². The van der Waals surface area contributed by atoms with Crippen LogP contribution in [0, 0.1) is 0 Å². The van der Waals surface area contributed by atoms with Gasteiger partial charge in [-0.1, -0.05) is 0 Å². The van der Waals surface area contributed by atoms with E-state index in [2.05, 4.69) is 22.1 Å². The molecule has 0 amide bonds. The van der Waals surface area contributed by atoms with Crippen molar-refractivity contribution in [3.8, 4) is 0 Å². The molecule has 2 fully saturated rings. The molecule has 1 aromatic heterocycles. The molecule has 3 rings (SSSR count). The first-order valence-electron chi connectivity index (χ1n) is 5.36. The Kier molecular flexibility index (Phi) is 2.22. The lowest BCUT2D eigenvalue weighted by Gasteiger charge is -2.30. The molecule has 76 valence electrons. The maximum atomic E-state index is 5.90. The first kappa shape index (κ1) is 8.74. The van der Waals surface area contributed by atoms with Gasteiger partial charge in [0.05, 0.1) is 18.2 Å². The summed E-state index contributed by atoms with van der Waals surface area (Å²) in [5.41, 5.74) is 1.26. The third-order valence-corrected chi connectivity index (χ3v) is 3.95. The van der Waals surface area contributed by atoms with E-state index in [1.807, 2.05) is 0 Å². The van der Waals surface area contributed by atoms with Crippen LogP contribution in [0.4, 0.5) is 5.69 Å². The van der Waals surface area contributed by atoms with Crippen LogP contribution in [-0.4, -0.2) is 18.2 Å². The first-order chi connectivity index (χ1) is 6.92. The lowest BCUT2D eigenvalue weighted by Crippen LogP contribution is -2.37. The quantitative estimate of drug-likeness (QED) is 0.808. The van der Waals surface area contributed by atoms with Gasteiger partial charge in [-0.25, -0.2) is 0 Å². The van der Waals surface area contributed by atoms with Crippen LogP contribution in [0.15, 0.2) is 16.8 Å². The fourth-order valence-corrected chi connectivity index (χ4v) is 3.12. The van der Waals surface area contributed by atoms with Crippen LogP contribution in [0.25, 0.3) is 0 Å². The minimum absolute atomic E-state index is 0.466. The van der Waals surface area contributed by atoms with Crippen molar-refractivity contribution in [3.05, 3.63) is 16.8 Å². The summed E-state index contributed by atoms with van der Waals surface area (Å²) in [4.78, 5) is 0. The molecule has 2 bridgehead atoms. The Morgan fingerprint density at radius 1 is 1.29 bits per heavy atom. The average Bonchev–Trinajstić information content (AvgIpc) is 2.80. The number of thiophene rings is 1. The van der Waals surface area contributed by atoms with Gasteiger partial charge in [-0.2, -0.15) is 11.3 Å². The summed E-state index contributed by atoms with van der Waals surface area (Å²) in [6.45, 7) is 0. The van der Waals surface area contributed by atoms with Crippen LogP contribution in [-0.2, 0) is 4.74 Å². The fraction of sp³-hybridized carbons (Fsp3) is 0.636. The second-order valence-corrected chi connectivity index (χ2v) is 4.99. The third kappa shape index (κ3) is 1.55. The zero-order valence-corrected chi connectivity index (χ0v) is 8.93. The van der Waals surface area contributed by atoms with Gasteiger partial charge in [0.1, 0.15) is 0 Å². The predicted molar refractivity (Wildman–Crippen MR) is 58.9 cm³/mol. The fourth-order valence-electron chi connectivity index (χ4n) is 2.52. The molecular weight excluding hydrogens is 194 g/mol. The van der Waals surface area contributed by atoms with Crippen molar-refractivity contribution in [1.82, 2.24) is 0 Å². The highest BCUT2D eigenvalue weighted by atomic mass is 32.1. The van der Waals surface area contributed by atoms with Crippen molar-refractivity contribution in [2.24, 2.45) is 0 Å². The van der Waals surface area contributed by atoms with E-state index in [0.29, 0.717) is 18.2 Å². The number of rotatable bonds is 2. The Labute approximate surface area is 88.3 Å². The molecular formula is C11H15NOS. The SMILES string of the molecule is c1cc(NC2CCC3CCC2O3)cs1. The minimum Gasteiger partial charge on any atom is -0.379 e. The average molecular weight is 209 g/mol. The van der Waals surface area contributed by atoms with E-state index in [0.717, 1.165) is 0 Å². The van der Waals surface area contributed by atoms with Crippen LogP contribution in [0.3, 0.4) is 0 Å². The van der Waals surface area contributed by atoms with Gasteiger partial charge in [-0.15, -0.1) is 0 Å². The van der Waals surface area contributed by atoms with Gasteiger partial charge in [0.25, 0.3) is 0 Å². The summed E-state index contributed by atoms with van der Waals surface area (Å²) in [6.07, 6.45) is 6.05. The van der Waals surface area contributed by atoms with Crippen molar-refractivity contribution in [3.63, 3.8) is 0 Å². The zero-order valence-electron chi connectivity index (χ0n) is 8.11. The highest BCUT2D eigenvalue weighted by Gasteiger charge is 2.36. The Bertz CT molecular complexity index is 298. The largest absolute Gasteiger partial charge is 0.379 e. The lowest BCUT2D eigenvalue weighted by molar-refractivity contribution is -0.00218. The lowest BCUT2D eigenvalue weighted by atomic mass is 10.0. The van der Waals surface area contributed by atoms with E-state index in [-0.39, 0.29) is 0 Å². The molecule has 14 heavy (non-hydrogen) atoms. The molecule has 2 aliphatic rings. The molecule has 0 spiro atoms. The molecule has 2 aliphatic heterocycles. The Hall–Kier alpha value is -0.540. The van der Waals surface area contributed by atoms with E-state index in [1.54, 1.807) is 11.3 Å². The maximum Gasteiger partial charge on any atom is 0.0780 e. The van der Waals surface area contributed by atoms with E-state index in [9.17, 15) is 0 Å². The van der Waals surface area contributed by atoms with Gasteiger partial charge in [-0.05, 0) is 37.1 Å². The van der Waals surface area contributed by atoms with E-state index in [1.165, 1.54) is 31.4 Å². The van der Waals surface area contributed by atoms with Crippen molar-refractivity contribution >= 4 is 17.0 Å². The van der Waals surface area contributed by atoms with Crippen molar-refractivity contribution in [2.75, 3.05) is 5.32 Å². The van der Waals surface area contributed by atoms with Gasteiger partial charge >= 0.3 is 0 Å². The van der Waals surface area contributed by atoms with E-state index < -0.39 is 0 Å². The highest BCUT2D eigenvalue weighted by Crippen LogP contribution is 2.34. The monoisotopic (exact) mass is 209 g/mol. The number of fused-ring (bicyclic) bond motifs is 2. The predicted octanol–water partition coefficient (Wildman–Crippen LogP) is 2.87. The smallest absolute Gasteiger partial charge is 0.0780 e. The molecule has 0 aromatic carbocycles. The van der Waals surface area contributed by atoms with Gasteiger partial charge in [0.2, 0.25) is 0 Å². The summed E-state index contributed by atoms with van der Waals surface area (Å²) in [5, 5.41) is 7.86. The number of hydrogen-bond acceptors (Lipinski definition) is 3. The second kappa shape index (κ2) is 3.55. The van der Waals surface area contributed by atoms with Crippen LogP contribution >= 0.6 is 11.3 Å². The molecule has 2 nitrogen and oxygen atoms in total. The Morgan fingerprint density at radius 2 is 2.21 bits per heavy atom. The highest BCUT2D eigenvalue weighted by molar-refractivity contribution is 7.08. The van der Waals surface area contributed by atoms with Crippen LogP contribution < -0.4 is 5.32 Å². The number of nitrogens with one attached hydrogen (secondary N) is 1. The van der Waals surface area contributed by atoms with Crippen LogP contribution in [0.1, 0.15) is 25.7 Å². The second-order valence-electron chi connectivity index (χ2n) is 4.21. The molecule has 1 N–H and O–H groups in total. The maximum absolute atomic E-state index is 5.90. The summed E-state index contributed by atoms with van der Waals surface area (Å²) >= 11 is 1.74. The molecule has 0 saturated carbocycles. The Morgan fingerprint density at radius 3 is 3.07 bits per heavy atom. The number of hydrogen-bond donors (Lipinski definition) is 1. The minimum atomic E-state index is 0.466. The number of ether oxygens (including phenoxy) is 1. The number of anilines is 1. The first-order valence-corrected chi connectivity index (χ1v) is 6.30. The van der Waals surface area contributed by atoms with Gasteiger partial charge in [0, 0.05) is 11.1 Å². The van der Waals surface area contributed by atoms with Gasteiger partial charge in [-0.3, -0.25) is 0 Å². The van der Waals surface area contributed by atoms with Crippen LogP contribution in [0.5, 0.6) is 0 Å². The Balaban J connectivity index is 1.67. The van der Waals surface area contributed by atoms with Gasteiger partial charge in [0.15, 0.2) is 0 Å². The normalized spacial score (nSPS) is 35.9. The molecule has 2 saturated heterocycles. The van der Waals surface area contributed by atoms with Crippen LogP contribution in [0.2, 0.25) is 0 Å². The summed E-state index contributed by atoms with van der Waals surface area (Å²) < 4.78 is 5.90. The van der Waals surface area contributed by atoms with Crippen molar-refractivity contribution < 1.29 is 4.74 Å². The van der Waals surface area contributed by atoms with Crippen molar-refractivity contribution in [1.29, 1.82) is 0 Å². The molecule has 3 atom stereocenters. The molecule has 0 aliphatic carbocycles. The topological polar surface area (TPSA) is 21.3 Å².